The first kappa shape index (κ1) is 11.1. The fraction of sp³-hybridized carbons (Fsp3) is 0.385. The lowest BCUT2D eigenvalue weighted by Gasteiger charge is -2.37. The highest BCUT2D eigenvalue weighted by molar-refractivity contribution is 5.77. The molecule has 0 atom stereocenters. The summed E-state index contributed by atoms with van der Waals surface area (Å²) in [5.41, 5.74) is 0.844. The number of hydrogen-bond donors (Lipinski definition) is 2. The van der Waals surface area contributed by atoms with E-state index in [-0.39, 0.29) is 0 Å². The summed E-state index contributed by atoms with van der Waals surface area (Å²) in [6.07, 6.45) is 2.41. The van der Waals surface area contributed by atoms with Crippen molar-refractivity contribution in [2.45, 2.75) is 19.3 Å². The summed E-state index contributed by atoms with van der Waals surface area (Å²) in [5, 5.41) is 12.2. The molecule has 5 nitrogen and oxygen atoms in total. The Morgan fingerprint density at radius 2 is 2.22 bits per heavy atom. The van der Waals surface area contributed by atoms with E-state index in [0.717, 1.165) is 24.8 Å². The molecule has 0 unspecified atom stereocenters. The second-order valence-corrected chi connectivity index (χ2v) is 4.78. The average molecular weight is 246 g/mol. The lowest BCUT2D eigenvalue weighted by Crippen LogP contribution is -2.43. The summed E-state index contributed by atoms with van der Waals surface area (Å²) >= 11 is 0. The number of anilines is 1. The van der Waals surface area contributed by atoms with Crippen molar-refractivity contribution in [3.63, 3.8) is 0 Å². The topological polar surface area (TPSA) is 75.4 Å². The Morgan fingerprint density at radius 1 is 1.44 bits per heavy atom. The van der Waals surface area contributed by atoms with Gasteiger partial charge in [-0.15, -0.1) is 0 Å². The molecule has 94 valence electrons. The molecule has 18 heavy (non-hydrogen) atoms. The maximum Gasteiger partial charge on any atom is 0.311 e. The van der Waals surface area contributed by atoms with Gasteiger partial charge < -0.3 is 14.8 Å². The molecule has 0 spiro atoms. The molecule has 1 aromatic carbocycles. The third-order valence-electron chi connectivity index (χ3n) is 3.64. The molecular weight excluding hydrogens is 232 g/mol. The number of fused-ring (bicyclic) bond motifs is 1. The maximum atomic E-state index is 11.2. The molecule has 0 aliphatic heterocycles. The van der Waals surface area contributed by atoms with E-state index >= 15 is 0 Å². The van der Waals surface area contributed by atoms with Crippen LogP contribution in [0.4, 0.5) is 6.01 Å². The van der Waals surface area contributed by atoms with E-state index in [2.05, 4.69) is 10.3 Å². The van der Waals surface area contributed by atoms with Crippen molar-refractivity contribution < 1.29 is 14.3 Å². The van der Waals surface area contributed by atoms with Crippen molar-refractivity contribution in [2.75, 3.05) is 11.9 Å². The van der Waals surface area contributed by atoms with E-state index in [9.17, 15) is 9.90 Å². The van der Waals surface area contributed by atoms with Crippen LogP contribution in [0.25, 0.3) is 11.1 Å². The number of nitrogens with zero attached hydrogens (tertiary/aromatic N) is 1. The Bertz CT molecular complexity index is 554. The molecule has 2 N–H and O–H groups in total. The van der Waals surface area contributed by atoms with Gasteiger partial charge in [-0.2, -0.15) is 4.98 Å². The minimum atomic E-state index is -0.739. The van der Waals surface area contributed by atoms with Crippen LogP contribution in [0.1, 0.15) is 19.3 Å². The van der Waals surface area contributed by atoms with Gasteiger partial charge in [0.25, 0.3) is 6.01 Å². The number of aliphatic carboxylic acids is 1. The van der Waals surface area contributed by atoms with Gasteiger partial charge in [0.15, 0.2) is 5.58 Å². The number of nitrogens with one attached hydrogen (secondary N) is 1. The number of carbonyl (C=O) groups is 1. The van der Waals surface area contributed by atoms with Gasteiger partial charge in [-0.05, 0) is 25.0 Å². The minimum absolute atomic E-state index is 0.370. The largest absolute Gasteiger partial charge is 0.481 e. The lowest BCUT2D eigenvalue weighted by molar-refractivity contribution is -0.153. The smallest absolute Gasteiger partial charge is 0.311 e. The van der Waals surface area contributed by atoms with Crippen LogP contribution in [0.15, 0.2) is 28.7 Å². The number of para-hydroxylation sites is 2. The van der Waals surface area contributed by atoms with Crippen LogP contribution in [0.5, 0.6) is 0 Å². The molecule has 2 aromatic rings. The molecule has 5 heteroatoms. The molecule has 0 saturated heterocycles. The molecule has 0 radical (unpaired) electrons. The maximum absolute atomic E-state index is 11.2. The van der Waals surface area contributed by atoms with Gasteiger partial charge in [0.1, 0.15) is 5.52 Å². The highest BCUT2D eigenvalue weighted by atomic mass is 16.4. The van der Waals surface area contributed by atoms with E-state index in [0.29, 0.717) is 18.1 Å². The summed E-state index contributed by atoms with van der Waals surface area (Å²) in [7, 11) is 0. The summed E-state index contributed by atoms with van der Waals surface area (Å²) in [6, 6.07) is 7.86. The highest BCUT2D eigenvalue weighted by Gasteiger charge is 2.44. The Kier molecular flexibility index (Phi) is 2.47. The number of carboxylic acids is 1. The van der Waals surface area contributed by atoms with Crippen LogP contribution in [0.2, 0.25) is 0 Å². The van der Waals surface area contributed by atoms with E-state index in [1.54, 1.807) is 0 Å². The predicted octanol–water partition coefficient (Wildman–Crippen LogP) is 2.49. The summed E-state index contributed by atoms with van der Waals surface area (Å²) in [4.78, 5) is 15.5. The molecule has 1 fully saturated rings. The fourth-order valence-corrected chi connectivity index (χ4v) is 2.26. The molecule has 3 rings (SSSR count). The van der Waals surface area contributed by atoms with E-state index in [4.69, 9.17) is 4.42 Å². The number of aromatic nitrogens is 1. The van der Waals surface area contributed by atoms with Gasteiger partial charge in [-0.25, -0.2) is 0 Å². The highest BCUT2D eigenvalue weighted by Crippen LogP contribution is 2.41. The van der Waals surface area contributed by atoms with Crippen LogP contribution < -0.4 is 5.32 Å². The summed E-state index contributed by atoms with van der Waals surface area (Å²) < 4.78 is 5.50. The quantitative estimate of drug-likeness (QED) is 0.866. The molecule has 1 aliphatic rings. The Balaban J connectivity index is 1.75. The van der Waals surface area contributed by atoms with Gasteiger partial charge in [0, 0.05) is 6.54 Å². The molecular formula is C13H14N2O3. The van der Waals surface area contributed by atoms with Crippen LogP contribution in [-0.4, -0.2) is 22.6 Å². The molecule has 1 aliphatic carbocycles. The SMILES string of the molecule is O=C(O)C1(CNc2nc3ccccc3o2)CCC1. The number of rotatable bonds is 4. The van der Waals surface area contributed by atoms with Crippen molar-refractivity contribution in [3.8, 4) is 0 Å². The van der Waals surface area contributed by atoms with Gasteiger partial charge in [-0.1, -0.05) is 18.6 Å². The van der Waals surface area contributed by atoms with E-state index in [1.165, 1.54) is 0 Å². The van der Waals surface area contributed by atoms with Crippen LogP contribution in [-0.2, 0) is 4.79 Å². The predicted molar refractivity (Wildman–Crippen MR) is 66.4 cm³/mol. The number of hydrogen-bond acceptors (Lipinski definition) is 4. The van der Waals surface area contributed by atoms with Gasteiger partial charge in [-0.3, -0.25) is 4.79 Å². The third-order valence-corrected chi connectivity index (χ3v) is 3.64. The second kappa shape index (κ2) is 4.01. The number of oxazole rings is 1. The Morgan fingerprint density at radius 3 is 2.83 bits per heavy atom. The standard InChI is InChI=1S/C13H14N2O3/c16-11(17)13(6-3-7-13)8-14-12-15-9-4-1-2-5-10(9)18-12/h1-2,4-5H,3,6-8H2,(H,14,15)(H,16,17). The van der Waals surface area contributed by atoms with Crippen molar-refractivity contribution >= 4 is 23.1 Å². The van der Waals surface area contributed by atoms with Crippen molar-refractivity contribution in [2.24, 2.45) is 5.41 Å². The first-order valence-electron chi connectivity index (χ1n) is 6.02. The minimum Gasteiger partial charge on any atom is -0.481 e. The zero-order valence-electron chi connectivity index (χ0n) is 9.85. The zero-order valence-corrected chi connectivity index (χ0v) is 9.85. The first-order chi connectivity index (χ1) is 8.70. The number of carboxylic acid groups (broad SMARTS) is 1. The van der Waals surface area contributed by atoms with Crippen LogP contribution in [0, 0.1) is 5.41 Å². The van der Waals surface area contributed by atoms with E-state index < -0.39 is 11.4 Å². The lowest BCUT2D eigenvalue weighted by atomic mass is 9.69. The normalized spacial score (nSPS) is 17.3. The molecule has 1 saturated carbocycles. The van der Waals surface area contributed by atoms with Crippen LogP contribution in [0.3, 0.4) is 0 Å². The molecule has 1 aromatic heterocycles. The number of benzene rings is 1. The summed E-state index contributed by atoms with van der Waals surface area (Å²) in [6.45, 7) is 0.370. The summed E-state index contributed by atoms with van der Waals surface area (Å²) in [5.74, 6) is -0.739. The molecule has 0 bridgehead atoms. The first-order valence-corrected chi connectivity index (χ1v) is 6.02. The third kappa shape index (κ3) is 1.72. The van der Waals surface area contributed by atoms with Crippen LogP contribution >= 0.6 is 0 Å². The van der Waals surface area contributed by atoms with Crippen molar-refractivity contribution in [3.05, 3.63) is 24.3 Å². The van der Waals surface area contributed by atoms with E-state index in [1.807, 2.05) is 24.3 Å². The average Bonchev–Trinajstić information content (AvgIpc) is 2.69. The molecule has 1 heterocycles. The van der Waals surface area contributed by atoms with Gasteiger partial charge in [0.2, 0.25) is 0 Å². The zero-order chi connectivity index (χ0) is 12.6. The van der Waals surface area contributed by atoms with Gasteiger partial charge >= 0.3 is 5.97 Å². The second-order valence-electron chi connectivity index (χ2n) is 4.78. The molecule has 0 amide bonds. The van der Waals surface area contributed by atoms with Crippen molar-refractivity contribution in [1.29, 1.82) is 0 Å². The van der Waals surface area contributed by atoms with Gasteiger partial charge in [0.05, 0.1) is 5.41 Å². The monoisotopic (exact) mass is 246 g/mol. The Labute approximate surface area is 104 Å². The van der Waals surface area contributed by atoms with Crippen molar-refractivity contribution in [1.82, 2.24) is 4.98 Å². The fourth-order valence-electron chi connectivity index (χ4n) is 2.26. The Hall–Kier alpha value is -2.04.